The zero-order valence-electron chi connectivity index (χ0n) is 10.5. The van der Waals surface area contributed by atoms with Crippen LogP contribution < -0.4 is 10.6 Å². The lowest BCUT2D eigenvalue weighted by Gasteiger charge is -2.25. The average Bonchev–Trinajstić information content (AvgIpc) is 3.10. The van der Waals surface area contributed by atoms with Crippen molar-refractivity contribution in [1.29, 1.82) is 0 Å². The molecule has 1 fully saturated rings. The van der Waals surface area contributed by atoms with E-state index in [2.05, 4.69) is 21.8 Å². The monoisotopic (exact) mass is 250 g/mol. The number of hydrogen-bond donors (Lipinski definition) is 1. The Kier molecular flexibility index (Phi) is 3.28. The smallest absolute Gasteiger partial charge is 0.226 e. The summed E-state index contributed by atoms with van der Waals surface area (Å²) >= 11 is 4.97. The highest BCUT2D eigenvalue weighted by Crippen LogP contribution is 2.35. The third-order valence-corrected chi connectivity index (χ3v) is 3.53. The van der Waals surface area contributed by atoms with Crippen molar-refractivity contribution >= 4 is 23.2 Å². The van der Waals surface area contributed by atoms with Crippen LogP contribution in [-0.4, -0.2) is 28.0 Å². The highest BCUT2D eigenvalue weighted by atomic mass is 32.1. The molecule has 1 aromatic rings. The van der Waals surface area contributed by atoms with E-state index in [1.54, 1.807) is 0 Å². The number of anilines is 1. The lowest BCUT2D eigenvalue weighted by Crippen LogP contribution is -2.32. The molecule has 17 heavy (non-hydrogen) atoms. The molecule has 1 aliphatic carbocycles. The van der Waals surface area contributed by atoms with Gasteiger partial charge in [-0.3, -0.25) is 0 Å². The summed E-state index contributed by atoms with van der Waals surface area (Å²) in [6.07, 6.45) is 2.61. The predicted molar refractivity (Wildman–Crippen MR) is 73.2 cm³/mol. The van der Waals surface area contributed by atoms with Crippen molar-refractivity contribution in [3.63, 3.8) is 0 Å². The third kappa shape index (κ3) is 2.72. The first-order chi connectivity index (χ1) is 7.99. The molecule has 0 aliphatic heterocycles. The van der Waals surface area contributed by atoms with Gasteiger partial charge in [0.2, 0.25) is 5.95 Å². The van der Waals surface area contributed by atoms with Crippen molar-refractivity contribution in [2.24, 2.45) is 11.7 Å². The van der Waals surface area contributed by atoms with E-state index in [0.29, 0.717) is 22.7 Å². The number of thiocarbonyl (C=S) groups is 1. The van der Waals surface area contributed by atoms with Crippen LogP contribution in [-0.2, 0) is 0 Å². The molecule has 1 saturated carbocycles. The van der Waals surface area contributed by atoms with Gasteiger partial charge in [-0.15, -0.1) is 0 Å². The minimum atomic E-state index is 0.323. The molecule has 0 spiro atoms. The van der Waals surface area contributed by atoms with Crippen LogP contribution in [0.15, 0.2) is 6.07 Å². The second-order valence-corrected chi connectivity index (χ2v) is 5.19. The van der Waals surface area contributed by atoms with Crippen molar-refractivity contribution in [3.05, 3.63) is 17.5 Å². The molecule has 0 amide bonds. The Morgan fingerprint density at radius 2 is 2.18 bits per heavy atom. The van der Waals surface area contributed by atoms with E-state index < -0.39 is 0 Å². The van der Waals surface area contributed by atoms with E-state index in [0.717, 1.165) is 11.6 Å². The zero-order chi connectivity index (χ0) is 12.6. The summed E-state index contributed by atoms with van der Waals surface area (Å²) in [5.41, 5.74) is 7.17. The summed E-state index contributed by atoms with van der Waals surface area (Å²) in [7, 11) is 2.03. The summed E-state index contributed by atoms with van der Waals surface area (Å²) < 4.78 is 0. The molecular weight excluding hydrogens is 232 g/mol. The van der Waals surface area contributed by atoms with Crippen LogP contribution in [0.3, 0.4) is 0 Å². The van der Waals surface area contributed by atoms with Crippen LogP contribution in [0.5, 0.6) is 0 Å². The number of rotatable bonds is 4. The Morgan fingerprint density at radius 1 is 1.53 bits per heavy atom. The molecule has 0 bridgehead atoms. The molecular formula is C12H18N4S. The Balaban J connectivity index is 2.27. The van der Waals surface area contributed by atoms with Crippen LogP contribution in [0, 0.1) is 12.8 Å². The van der Waals surface area contributed by atoms with Crippen molar-refractivity contribution in [2.75, 3.05) is 11.9 Å². The largest absolute Gasteiger partial charge is 0.388 e. The van der Waals surface area contributed by atoms with Gasteiger partial charge >= 0.3 is 0 Å². The molecule has 1 aromatic heterocycles. The fraction of sp³-hybridized carbons (Fsp3) is 0.583. The number of aryl methyl sites for hydroxylation is 1. The predicted octanol–water partition coefficient (Wildman–Crippen LogP) is 1.65. The Hall–Kier alpha value is -1.23. The van der Waals surface area contributed by atoms with Crippen molar-refractivity contribution in [3.8, 4) is 0 Å². The molecule has 1 heterocycles. The maximum absolute atomic E-state index is 5.62. The highest BCUT2D eigenvalue weighted by molar-refractivity contribution is 7.80. The maximum atomic E-state index is 5.62. The zero-order valence-corrected chi connectivity index (χ0v) is 11.3. The molecule has 0 saturated heterocycles. The van der Waals surface area contributed by atoms with Gasteiger partial charge in [0.05, 0.1) is 0 Å². The van der Waals surface area contributed by atoms with Crippen molar-refractivity contribution < 1.29 is 0 Å². The van der Waals surface area contributed by atoms with Crippen LogP contribution >= 0.6 is 12.2 Å². The van der Waals surface area contributed by atoms with Crippen LogP contribution in [0.1, 0.15) is 31.2 Å². The van der Waals surface area contributed by atoms with Crippen LogP contribution in [0.4, 0.5) is 5.95 Å². The van der Waals surface area contributed by atoms with Crippen LogP contribution in [0.2, 0.25) is 0 Å². The lowest BCUT2D eigenvalue weighted by atomic mass is 10.2. The van der Waals surface area contributed by atoms with Gasteiger partial charge in [-0.2, -0.15) is 0 Å². The second kappa shape index (κ2) is 4.56. The molecule has 1 atom stereocenters. The molecule has 0 aromatic carbocycles. The molecule has 0 radical (unpaired) electrons. The van der Waals surface area contributed by atoms with E-state index in [4.69, 9.17) is 18.0 Å². The number of nitrogens with two attached hydrogens (primary N) is 1. The summed E-state index contributed by atoms with van der Waals surface area (Å²) in [6, 6.07) is 2.29. The fourth-order valence-electron chi connectivity index (χ4n) is 1.91. The lowest BCUT2D eigenvalue weighted by molar-refractivity contribution is 0.596. The quantitative estimate of drug-likeness (QED) is 0.824. The molecule has 4 nitrogen and oxygen atoms in total. The normalized spacial score (nSPS) is 16.6. The first kappa shape index (κ1) is 12.2. The van der Waals surface area contributed by atoms with Gasteiger partial charge in [-0.05, 0) is 38.7 Å². The summed E-state index contributed by atoms with van der Waals surface area (Å²) in [5, 5.41) is 0. The Morgan fingerprint density at radius 3 is 2.71 bits per heavy atom. The van der Waals surface area contributed by atoms with Gasteiger partial charge in [0.15, 0.2) is 0 Å². The van der Waals surface area contributed by atoms with Gasteiger partial charge in [0.1, 0.15) is 10.7 Å². The van der Waals surface area contributed by atoms with Gasteiger partial charge in [-0.1, -0.05) is 12.2 Å². The van der Waals surface area contributed by atoms with Crippen molar-refractivity contribution in [2.45, 2.75) is 32.7 Å². The van der Waals surface area contributed by atoms with Gasteiger partial charge in [0, 0.05) is 18.8 Å². The van der Waals surface area contributed by atoms with E-state index in [9.17, 15) is 0 Å². The minimum Gasteiger partial charge on any atom is -0.388 e. The summed E-state index contributed by atoms with van der Waals surface area (Å²) in [5.74, 6) is 1.49. The molecule has 2 N–H and O–H groups in total. The first-order valence-corrected chi connectivity index (χ1v) is 6.28. The SMILES string of the molecule is Cc1cc(C(N)=S)nc(N(C)C(C)C2CC2)n1. The highest BCUT2D eigenvalue weighted by Gasteiger charge is 2.31. The Bertz CT molecular complexity index is 442. The molecule has 2 rings (SSSR count). The standard InChI is InChI=1S/C12H18N4S/c1-7-6-10(11(13)17)15-12(14-7)16(3)8(2)9-4-5-9/h6,8-9H,4-5H2,1-3H3,(H2,13,17). The van der Waals surface area contributed by atoms with E-state index in [1.165, 1.54) is 12.8 Å². The van der Waals surface area contributed by atoms with E-state index in [-0.39, 0.29) is 0 Å². The van der Waals surface area contributed by atoms with Crippen LogP contribution in [0.25, 0.3) is 0 Å². The molecule has 1 unspecified atom stereocenters. The van der Waals surface area contributed by atoms with Gasteiger partial charge in [0.25, 0.3) is 0 Å². The van der Waals surface area contributed by atoms with Gasteiger partial charge in [-0.25, -0.2) is 9.97 Å². The van der Waals surface area contributed by atoms with E-state index in [1.807, 2.05) is 20.0 Å². The summed E-state index contributed by atoms with van der Waals surface area (Å²) in [4.78, 5) is 11.3. The minimum absolute atomic E-state index is 0.323. The van der Waals surface area contributed by atoms with Gasteiger partial charge < -0.3 is 10.6 Å². The maximum Gasteiger partial charge on any atom is 0.226 e. The number of nitrogens with zero attached hydrogens (tertiary/aromatic N) is 3. The first-order valence-electron chi connectivity index (χ1n) is 5.87. The van der Waals surface area contributed by atoms with E-state index >= 15 is 0 Å². The second-order valence-electron chi connectivity index (χ2n) is 4.75. The molecule has 92 valence electrons. The molecule has 1 aliphatic rings. The Labute approximate surface area is 107 Å². The number of aromatic nitrogens is 2. The molecule has 5 heteroatoms. The fourth-order valence-corrected chi connectivity index (χ4v) is 2.02. The average molecular weight is 250 g/mol. The topological polar surface area (TPSA) is 55.0 Å². The summed E-state index contributed by atoms with van der Waals surface area (Å²) in [6.45, 7) is 4.15. The third-order valence-electron chi connectivity index (χ3n) is 3.33. The number of hydrogen-bond acceptors (Lipinski definition) is 4. The van der Waals surface area contributed by atoms with Crippen molar-refractivity contribution in [1.82, 2.24) is 9.97 Å².